The molecule has 3 heteroatoms. The number of rotatable bonds is 2. The molecule has 0 amide bonds. The highest BCUT2D eigenvalue weighted by atomic mass is 16.3. The molecule has 0 aromatic heterocycles. The lowest BCUT2D eigenvalue weighted by Gasteiger charge is -2.48. The number of phenols is 2. The summed E-state index contributed by atoms with van der Waals surface area (Å²) < 4.78 is 1.07. The average Bonchev–Trinajstić information content (AvgIpc) is 2.55. The van der Waals surface area contributed by atoms with Gasteiger partial charge in [-0.05, 0) is 29.2 Å². The zero-order valence-electron chi connectivity index (χ0n) is 13.8. The first-order valence-electron chi connectivity index (χ1n) is 8.55. The largest absolute Gasteiger partial charge is 0.504 e. The molecule has 0 saturated carbocycles. The Balaban J connectivity index is 1.98. The van der Waals surface area contributed by atoms with Gasteiger partial charge in [-0.3, -0.25) is 0 Å². The quantitative estimate of drug-likeness (QED) is 0.655. The normalized spacial score (nSPS) is 24.9. The van der Waals surface area contributed by atoms with Crippen molar-refractivity contribution >= 4 is 0 Å². The zero-order valence-corrected chi connectivity index (χ0v) is 13.8. The summed E-state index contributed by atoms with van der Waals surface area (Å²) in [5, 5.41) is 20.4. The number of hydrogen-bond acceptors (Lipinski definition) is 2. The summed E-state index contributed by atoms with van der Waals surface area (Å²) in [5.74, 6) is 0.00559. The van der Waals surface area contributed by atoms with E-state index < -0.39 is 0 Å². The van der Waals surface area contributed by atoms with Gasteiger partial charge in [0, 0.05) is 24.0 Å². The fourth-order valence-electron chi connectivity index (χ4n) is 4.69. The van der Waals surface area contributed by atoms with Crippen LogP contribution in [0.2, 0.25) is 0 Å². The van der Waals surface area contributed by atoms with Gasteiger partial charge in [0.2, 0.25) is 0 Å². The lowest BCUT2D eigenvalue weighted by Crippen LogP contribution is -2.53. The zero-order chi connectivity index (χ0) is 16.2. The number of likely N-dealkylation sites (N-methyl/N-ethyl adjacent to an activating group) is 1. The molecule has 2 aromatic carbocycles. The lowest BCUT2D eigenvalue weighted by molar-refractivity contribution is -0.941. The molecule has 3 nitrogen and oxygen atoms in total. The van der Waals surface area contributed by atoms with Crippen molar-refractivity contribution in [3.63, 3.8) is 0 Å². The van der Waals surface area contributed by atoms with Gasteiger partial charge in [-0.15, -0.1) is 0 Å². The van der Waals surface area contributed by atoms with Gasteiger partial charge >= 0.3 is 0 Å². The minimum Gasteiger partial charge on any atom is -0.504 e. The van der Waals surface area contributed by atoms with Crippen LogP contribution >= 0.6 is 0 Å². The van der Waals surface area contributed by atoms with Gasteiger partial charge in [0.25, 0.3) is 0 Å². The number of aromatic hydroxyl groups is 2. The van der Waals surface area contributed by atoms with Gasteiger partial charge in [0.1, 0.15) is 6.04 Å². The van der Waals surface area contributed by atoms with E-state index in [2.05, 4.69) is 32.2 Å². The average molecular weight is 310 g/mol. The molecule has 0 bridgehead atoms. The number of quaternary nitrogens is 1. The van der Waals surface area contributed by atoms with Gasteiger partial charge < -0.3 is 14.7 Å². The van der Waals surface area contributed by atoms with Crippen LogP contribution in [0.1, 0.15) is 36.1 Å². The van der Waals surface area contributed by atoms with Crippen LogP contribution in [0, 0.1) is 0 Å². The maximum absolute atomic E-state index is 10.4. The predicted molar refractivity (Wildman–Crippen MR) is 91.6 cm³/mol. The molecule has 120 valence electrons. The van der Waals surface area contributed by atoms with Crippen molar-refractivity contribution in [3.8, 4) is 22.6 Å². The number of nitrogens with zero attached hydrogens (tertiary/aromatic N) is 1. The SMILES string of the molecule is CCC[N+]1(C)CCc2cccc3c2[C@@H]1Cc1ccc(O)c(O)c1-3. The van der Waals surface area contributed by atoms with E-state index in [4.69, 9.17) is 0 Å². The second-order valence-electron chi connectivity index (χ2n) is 7.24. The van der Waals surface area contributed by atoms with Crippen molar-refractivity contribution < 1.29 is 14.7 Å². The van der Waals surface area contributed by atoms with Crippen LogP contribution in [-0.4, -0.2) is 34.8 Å². The highest BCUT2D eigenvalue weighted by molar-refractivity contribution is 5.82. The van der Waals surface area contributed by atoms with Crippen molar-refractivity contribution in [3.05, 3.63) is 47.0 Å². The van der Waals surface area contributed by atoms with Crippen molar-refractivity contribution in [1.29, 1.82) is 0 Å². The van der Waals surface area contributed by atoms with Gasteiger partial charge in [-0.1, -0.05) is 31.2 Å². The molecule has 1 heterocycles. The summed E-state index contributed by atoms with van der Waals surface area (Å²) in [6, 6.07) is 10.5. The molecular weight excluding hydrogens is 286 g/mol. The first-order valence-corrected chi connectivity index (χ1v) is 8.55. The Labute approximate surface area is 137 Å². The van der Waals surface area contributed by atoms with Crippen molar-refractivity contribution in [2.75, 3.05) is 20.1 Å². The van der Waals surface area contributed by atoms with Gasteiger partial charge in [0.05, 0.1) is 20.1 Å². The highest BCUT2D eigenvalue weighted by Gasteiger charge is 2.43. The second-order valence-corrected chi connectivity index (χ2v) is 7.24. The van der Waals surface area contributed by atoms with E-state index in [0.29, 0.717) is 6.04 Å². The monoisotopic (exact) mass is 310 g/mol. The summed E-state index contributed by atoms with van der Waals surface area (Å²) in [5.41, 5.74) is 5.90. The molecular formula is C20H24NO2+. The third-order valence-corrected chi connectivity index (χ3v) is 5.83. The van der Waals surface area contributed by atoms with Crippen LogP contribution in [0.3, 0.4) is 0 Å². The smallest absolute Gasteiger partial charge is 0.165 e. The van der Waals surface area contributed by atoms with Gasteiger partial charge in [0.15, 0.2) is 11.5 Å². The molecule has 0 saturated heterocycles. The van der Waals surface area contributed by atoms with Gasteiger partial charge in [-0.2, -0.15) is 0 Å². The van der Waals surface area contributed by atoms with E-state index in [1.54, 1.807) is 6.07 Å². The first-order chi connectivity index (χ1) is 11.0. The summed E-state index contributed by atoms with van der Waals surface area (Å²) >= 11 is 0. The van der Waals surface area contributed by atoms with Crippen molar-refractivity contribution in [2.45, 2.75) is 32.2 Å². The summed E-state index contributed by atoms with van der Waals surface area (Å²) in [4.78, 5) is 0. The fraction of sp³-hybridized carbons (Fsp3) is 0.400. The maximum Gasteiger partial charge on any atom is 0.165 e. The molecule has 2 N–H and O–H groups in total. The Hall–Kier alpha value is -2.00. The molecule has 23 heavy (non-hydrogen) atoms. The Morgan fingerprint density at radius 3 is 2.74 bits per heavy atom. The Kier molecular flexibility index (Phi) is 3.17. The third kappa shape index (κ3) is 1.99. The Bertz CT molecular complexity index is 783. The van der Waals surface area contributed by atoms with Crippen LogP contribution < -0.4 is 0 Å². The first kappa shape index (κ1) is 14.6. The van der Waals surface area contributed by atoms with E-state index in [1.807, 2.05) is 6.07 Å². The van der Waals surface area contributed by atoms with Crippen molar-refractivity contribution in [2.24, 2.45) is 0 Å². The Morgan fingerprint density at radius 2 is 1.96 bits per heavy atom. The number of benzene rings is 2. The molecule has 4 rings (SSSR count). The van der Waals surface area contributed by atoms with Crippen molar-refractivity contribution in [1.82, 2.24) is 0 Å². The number of hydrogen-bond donors (Lipinski definition) is 2. The minimum atomic E-state index is -0.0265. The molecule has 1 aliphatic carbocycles. The molecule has 2 aliphatic rings. The topological polar surface area (TPSA) is 40.5 Å². The molecule has 1 aliphatic heterocycles. The Morgan fingerprint density at radius 1 is 1.13 bits per heavy atom. The van der Waals surface area contributed by atoms with E-state index in [9.17, 15) is 10.2 Å². The summed E-state index contributed by atoms with van der Waals surface area (Å²) in [7, 11) is 2.37. The number of fused-ring (bicyclic) bond motifs is 2. The van der Waals surface area contributed by atoms with E-state index in [0.717, 1.165) is 34.0 Å². The molecule has 0 spiro atoms. The fourth-order valence-corrected chi connectivity index (χ4v) is 4.69. The molecule has 2 atom stereocenters. The molecule has 0 radical (unpaired) electrons. The van der Waals surface area contributed by atoms with Crippen LogP contribution in [0.4, 0.5) is 0 Å². The predicted octanol–water partition coefficient (Wildman–Crippen LogP) is 3.77. The lowest BCUT2D eigenvalue weighted by atomic mass is 9.75. The summed E-state index contributed by atoms with van der Waals surface area (Å²) in [6.45, 7) is 4.61. The molecule has 2 aromatic rings. The highest BCUT2D eigenvalue weighted by Crippen LogP contribution is 2.51. The van der Waals surface area contributed by atoms with Gasteiger partial charge in [-0.25, -0.2) is 0 Å². The van der Waals surface area contributed by atoms with Crippen LogP contribution in [0.25, 0.3) is 11.1 Å². The van der Waals surface area contributed by atoms with Crippen LogP contribution in [0.15, 0.2) is 30.3 Å². The molecule has 1 unspecified atom stereocenters. The van der Waals surface area contributed by atoms with E-state index >= 15 is 0 Å². The second kappa shape index (κ2) is 5.00. The van der Waals surface area contributed by atoms with E-state index in [-0.39, 0.29) is 11.5 Å². The third-order valence-electron chi connectivity index (χ3n) is 5.83. The number of phenolic OH excluding ortho intramolecular Hbond substituents is 2. The van der Waals surface area contributed by atoms with Crippen LogP contribution in [-0.2, 0) is 12.8 Å². The van der Waals surface area contributed by atoms with E-state index in [1.165, 1.54) is 30.6 Å². The van der Waals surface area contributed by atoms with Crippen LogP contribution in [0.5, 0.6) is 11.5 Å². The minimum absolute atomic E-state index is 0.0265. The summed E-state index contributed by atoms with van der Waals surface area (Å²) in [6.07, 6.45) is 3.20. The molecule has 0 fully saturated rings. The standard InChI is InChI=1S/C20H23NO2/c1-3-10-21(2)11-9-13-5-4-6-15-18(13)16(21)12-14-7-8-17(22)20(23)19(14)15/h4-8,16H,3,9-12H2,1-2H3,(H-,22,23)/p+1/t16-,21?/m0/s1. The maximum atomic E-state index is 10.4.